The summed E-state index contributed by atoms with van der Waals surface area (Å²) in [5, 5.41) is 4.92. The number of para-hydroxylation sites is 4. The molecule has 308 valence electrons. The summed E-state index contributed by atoms with van der Waals surface area (Å²) >= 11 is 1.91. The average molecular weight is 851 g/mol. The van der Waals surface area contributed by atoms with Crippen molar-refractivity contribution in [1.29, 1.82) is 0 Å². The van der Waals surface area contributed by atoms with Crippen molar-refractivity contribution >= 4 is 76.4 Å². The minimum Gasteiger partial charge on any atom is -0.457 e. The van der Waals surface area contributed by atoms with Gasteiger partial charge in [-0.25, -0.2) is 0 Å². The fourth-order valence-corrected chi connectivity index (χ4v) is 12.2. The van der Waals surface area contributed by atoms with E-state index in [0.717, 1.165) is 56.8 Å². The van der Waals surface area contributed by atoms with Crippen LogP contribution >= 0.6 is 11.3 Å². The summed E-state index contributed by atoms with van der Waals surface area (Å²) in [4.78, 5) is 4.94. The van der Waals surface area contributed by atoms with Crippen LogP contribution < -0.4 is 14.5 Å². The Bertz CT molecular complexity index is 3640. The van der Waals surface area contributed by atoms with Crippen LogP contribution in [0.4, 0.5) is 34.1 Å². The third kappa shape index (κ3) is 5.54. The van der Waals surface area contributed by atoms with E-state index in [1.807, 2.05) is 11.3 Å². The predicted molar refractivity (Wildman–Crippen MR) is 273 cm³/mol. The van der Waals surface area contributed by atoms with E-state index in [0.29, 0.717) is 0 Å². The first-order valence-electron chi connectivity index (χ1n) is 22.3. The number of thiophene rings is 1. The molecule has 3 nitrogen and oxygen atoms in total. The van der Waals surface area contributed by atoms with Crippen molar-refractivity contribution in [1.82, 2.24) is 0 Å². The molecule has 13 rings (SSSR count). The Morgan fingerprint density at radius 1 is 0.385 bits per heavy atom. The Hall–Kier alpha value is -7.92. The summed E-state index contributed by atoms with van der Waals surface area (Å²) in [6.45, 7) is 4.36. The second-order valence-electron chi connectivity index (χ2n) is 17.3. The third-order valence-electron chi connectivity index (χ3n) is 13.5. The largest absolute Gasteiger partial charge is 0.457 e. The molecule has 1 aromatic heterocycles. The number of hydrogen-bond donors (Lipinski definition) is 0. The molecule has 0 atom stereocenters. The predicted octanol–water partition coefficient (Wildman–Crippen LogP) is 17.2. The van der Waals surface area contributed by atoms with Crippen molar-refractivity contribution in [2.45, 2.75) is 19.3 Å². The van der Waals surface area contributed by atoms with Gasteiger partial charge in [-0.2, -0.15) is 0 Å². The molecular formula is C61H42N2OS. The molecule has 0 saturated carbocycles. The van der Waals surface area contributed by atoms with Crippen LogP contribution in [0.3, 0.4) is 0 Å². The zero-order valence-electron chi connectivity index (χ0n) is 36.0. The van der Waals surface area contributed by atoms with Gasteiger partial charge in [0.2, 0.25) is 0 Å². The molecule has 0 unspecified atom stereocenters. The lowest BCUT2D eigenvalue weighted by atomic mass is 9.65. The normalized spacial score (nSPS) is 13.0. The van der Waals surface area contributed by atoms with E-state index in [1.54, 1.807) is 0 Å². The molecule has 0 saturated heterocycles. The zero-order chi connectivity index (χ0) is 43.2. The summed E-state index contributed by atoms with van der Waals surface area (Å²) in [6, 6.07) is 80.2. The van der Waals surface area contributed by atoms with Crippen molar-refractivity contribution in [3.8, 4) is 22.6 Å². The first kappa shape index (κ1) is 37.6. The molecule has 1 aliphatic heterocycles. The standard InChI is InChI=1S/C61H42N2OS/c1-39-19-17-25-43(35-39)62(41-21-5-3-6-22-41)52-37-50-57(46-28-10-9-27-45(46)52)59-51(61(50)48-30-12-14-32-54(48)64-55-33-15-13-31-49(55)61)38-53(58-47-29-11-16-34-56(47)65-60(58)59)63(42-23-7-4-8-24-42)44-26-18-20-40(2)36-44/h3-38H,1-2H3. The quantitative estimate of drug-likeness (QED) is 0.166. The van der Waals surface area contributed by atoms with Gasteiger partial charge in [0, 0.05) is 65.0 Å². The number of rotatable bonds is 6. The highest BCUT2D eigenvalue weighted by Gasteiger charge is 2.53. The zero-order valence-corrected chi connectivity index (χ0v) is 36.8. The number of anilines is 6. The second kappa shape index (κ2) is 14.6. The number of aryl methyl sites for hydroxylation is 2. The van der Waals surface area contributed by atoms with Gasteiger partial charge < -0.3 is 14.5 Å². The smallest absolute Gasteiger partial charge is 0.132 e. The fraction of sp³-hybridized carbons (Fsp3) is 0.0492. The molecule has 11 aromatic rings. The lowest BCUT2D eigenvalue weighted by molar-refractivity contribution is 0.436. The van der Waals surface area contributed by atoms with Gasteiger partial charge in [-0.15, -0.1) is 11.3 Å². The van der Waals surface area contributed by atoms with Crippen molar-refractivity contribution < 1.29 is 4.74 Å². The molecule has 0 radical (unpaired) electrons. The summed E-state index contributed by atoms with van der Waals surface area (Å²) in [5.74, 6) is 1.74. The third-order valence-corrected chi connectivity index (χ3v) is 14.7. The Morgan fingerprint density at radius 3 is 1.48 bits per heavy atom. The van der Waals surface area contributed by atoms with Crippen LogP contribution in [-0.2, 0) is 5.41 Å². The summed E-state index contributed by atoms with van der Waals surface area (Å²) < 4.78 is 9.50. The van der Waals surface area contributed by atoms with Gasteiger partial charge in [-0.1, -0.05) is 140 Å². The molecule has 0 amide bonds. The van der Waals surface area contributed by atoms with Gasteiger partial charge in [-0.3, -0.25) is 0 Å². The SMILES string of the molecule is Cc1cccc(N(c2ccccc2)c2cc3c(c4ccccc24)-c2c(cc(N(c4ccccc4)c4cccc(C)c4)c4c2sc2ccccc24)C32c3ccccc3Oc3ccccc32)c1. The monoisotopic (exact) mass is 850 g/mol. The maximum absolute atomic E-state index is 6.96. The van der Waals surface area contributed by atoms with Gasteiger partial charge in [-0.05, 0) is 126 Å². The number of nitrogens with zero attached hydrogens (tertiary/aromatic N) is 2. The van der Waals surface area contributed by atoms with Gasteiger partial charge in [0.15, 0.2) is 0 Å². The highest BCUT2D eigenvalue weighted by Crippen LogP contribution is 2.67. The van der Waals surface area contributed by atoms with Crippen molar-refractivity contribution in [3.05, 3.63) is 252 Å². The van der Waals surface area contributed by atoms with E-state index in [4.69, 9.17) is 4.74 Å². The van der Waals surface area contributed by atoms with Crippen LogP contribution in [0, 0.1) is 13.8 Å². The Kier molecular flexibility index (Phi) is 8.43. The second-order valence-corrected chi connectivity index (χ2v) is 18.4. The van der Waals surface area contributed by atoms with Gasteiger partial charge in [0.1, 0.15) is 11.5 Å². The van der Waals surface area contributed by atoms with Crippen molar-refractivity contribution in [2.24, 2.45) is 0 Å². The van der Waals surface area contributed by atoms with Crippen LogP contribution in [0.2, 0.25) is 0 Å². The minimum atomic E-state index is -0.766. The average Bonchev–Trinajstić information content (AvgIpc) is 3.87. The Labute approximate surface area is 382 Å². The first-order chi connectivity index (χ1) is 32.1. The van der Waals surface area contributed by atoms with Crippen LogP contribution in [0.15, 0.2) is 218 Å². The molecule has 1 spiro atoms. The summed E-state index contributed by atoms with van der Waals surface area (Å²) in [7, 11) is 0. The van der Waals surface area contributed by atoms with E-state index in [2.05, 4.69) is 242 Å². The molecule has 0 fully saturated rings. The Balaban J connectivity index is 1.25. The fourth-order valence-electron chi connectivity index (χ4n) is 11.0. The molecule has 2 heterocycles. The summed E-state index contributed by atoms with van der Waals surface area (Å²) in [6.07, 6.45) is 0. The van der Waals surface area contributed by atoms with E-state index in [-0.39, 0.29) is 0 Å². The summed E-state index contributed by atoms with van der Waals surface area (Å²) in [5.41, 5.74) is 15.7. The van der Waals surface area contributed by atoms with Crippen LogP contribution in [0.5, 0.6) is 11.5 Å². The van der Waals surface area contributed by atoms with E-state index >= 15 is 0 Å². The highest BCUT2D eigenvalue weighted by atomic mass is 32.1. The molecule has 4 heteroatoms. The van der Waals surface area contributed by atoms with Gasteiger partial charge in [0.05, 0.1) is 16.8 Å². The van der Waals surface area contributed by atoms with Crippen LogP contribution in [-0.4, -0.2) is 0 Å². The lowest BCUT2D eigenvalue weighted by Crippen LogP contribution is -2.32. The number of benzene rings is 10. The maximum atomic E-state index is 6.96. The van der Waals surface area contributed by atoms with Gasteiger partial charge >= 0.3 is 0 Å². The van der Waals surface area contributed by atoms with Crippen molar-refractivity contribution in [2.75, 3.05) is 9.80 Å². The molecule has 65 heavy (non-hydrogen) atoms. The maximum Gasteiger partial charge on any atom is 0.132 e. The topological polar surface area (TPSA) is 15.7 Å². The number of hydrogen-bond acceptors (Lipinski definition) is 4. The molecule has 0 bridgehead atoms. The van der Waals surface area contributed by atoms with E-state index in [1.165, 1.54) is 64.3 Å². The Morgan fingerprint density at radius 2 is 0.862 bits per heavy atom. The van der Waals surface area contributed by atoms with Gasteiger partial charge in [0.25, 0.3) is 0 Å². The van der Waals surface area contributed by atoms with E-state index in [9.17, 15) is 0 Å². The lowest BCUT2D eigenvalue weighted by Gasteiger charge is -2.40. The molecule has 0 N–H and O–H groups in total. The number of fused-ring (bicyclic) bond motifs is 15. The minimum absolute atomic E-state index is 0.766. The highest BCUT2D eigenvalue weighted by molar-refractivity contribution is 7.26. The van der Waals surface area contributed by atoms with Crippen LogP contribution in [0.25, 0.3) is 42.1 Å². The van der Waals surface area contributed by atoms with Crippen LogP contribution in [0.1, 0.15) is 33.4 Å². The molecule has 10 aromatic carbocycles. The molecule has 2 aliphatic rings. The van der Waals surface area contributed by atoms with E-state index < -0.39 is 5.41 Å². The number of ether oxygens (including phenoxy) is 1. The molecular weight excluding hydrogens is 809 g/mol. The first-order valence-corrected chi connectivity index (χ1v) is 23.2. The van der Waals surface area contributed by atoms with Crippen molar-refractivity contribution in [3.63, 3.8) is 0 Å². The molecule has 1 aliphatic carbocycles.